The molecule has 4 nitrogen and oxygen atoms in total. The van der Waals surface area contributed by atoms with Crippen LogP contribution in [0.15, 0.2) is 30.3 Å². The molecule has 1 amide bonds. The highest BCUT2D eigenvalue weighted by Crippen LogP contribution is 2.21. The summed E-state index contributed by atoms with van der Waals surface area (Å²) < 4.78 is 0. The number of hydrogen-bond donors (Lipinski definition) is 2. The molecule has 0 spiro atoms. The predicted octanol–water partition coefficient (Wildman–Crippen LogP) is 4.18. The fourth-order valence-corrected chi connectivity index (χ4v) is 3.02. The van der Waals surface area contributed by atoms with Crippen LogP contribution in [0.25, 0.3) is 11.3 Å². The van der Waals surface area contributed by atoms with E-state index in [1.54, 1.807) is 6.07 Å². The molecule has 1 aromatic heterocycles. The molecule has 0 aliphatic heterocycles. The molecular weight excluding hydrogens is 298 g/mol. The third-order valence-electron chi connectivity index (χ3n) is 4.15. The Morgan fingerprint density at radius 2 is 1.82 bits per heavy atom. The van der Waals surface area contributed by atoms with Crippen molar-refractivity contribution in [2.24, 2.45) is 0 Å². The smallest absolute Gasteiger partial charge is 0.269 e. The normalized spacial score (nSPS) is 16.2. The number of carbonyl (C=O) groups is 1. The fraction of sp³-hybridized carbons (Fsp3) is 0.412. The van der Waals surface area contributed by atoms with Crippen LogP contribution >= 0.6 is 11.6 Å². The Bertz CT molecular complexity index is 628. The topological polar surface area (TPSA) is 57.8 Å². The Hall–Kier alpha value is -1.81. The molecule has 0 unspecified atom stereocenters. The van der Waals surface area contributed by atoms with Crippen molar-refractivity contribution in [2.75, 3.05) is 0 Å². The second kappa shape index (κ2) is 6.97. The molecule has 3 rings (SSSR count). The van der Waals surface area contributed by atoms with Crippen LogP contribution in [-0.4, -0.2) is 22.1 Å². The summed E-state index contributed by atoms with van der Waals surface area (Å²) in [5.41, 5.74) is 2.20. The molecule has 2 N–H and O–H groups in total. The Balaban J connectivity index is 1.67. The van der Waals surface area contributed by atoms with Gasteiger partial charge in [-0.25, -0.2) is 0 Å². The molecule has 0 radical (unpaired) electrons. The van der Waals surface area contributed by atoms with Crippen LogP contribution in [-0.2, 0) is 0 Å². The molecule has 1 fully saturated rings. The van der Waals surface area contributed by atoms with E-state index in [9.17, 15) is 4.79 Å². The van der Waals surface area contributed by atoms with Crippen LogP contribution in [0.3, 0.4) is 0 Å². The SMILES string of the molecule is O=C(NC1CCCCCC1)c1cc(-c2ccc(Cl)cc2)n[nH]1. The van der Waals surface area contributed by atoms with Crippen molar-refractivity contribution in [1.82, 2.24) is 15.5 Å². The molecule has 0 saturated heterocycles. The maximum Gasteiger partial charge on any atom is 0.269 e. The number of benzene rings is 1. The molecule has 5 heteroatoms. The summed E-state index contributed by atoms with van der Waals surface area (Å²) in [5, 5.41) is 10.9. The van der Waals surface area contributed by atoms with Gasteiger partial charge in [0.2, 0.25) is 0 Å². The van der Waals surface area contributed by atoms with Crippen molar-refractivity contribution in [2.45, 2.75) is 44.6 Å². The second-order valence-corrected chi connectivity index (χ2v) is 6.27. The van der Waals surface area contributed by atoms with E-state index in [1.165, 1.54) is 25.7 Å². The van der Waals surface area contributed by atoms with E-state index in [2.05, 4.69) is 15.5 Å². The van der Waals surface area contributed by atoms with Gasteiger partial charge in [0.05, 0.1) is 5.69 Å². The summed E-state index contributed by atoms with van der Waals surface area (Å²) in [6.07, 6.45) is 7.09. The summed E-state index contributed by atoms with van der Waals surface area (Å²) in [6, 6.07) is 9.50. The van der Waals surface area contributed by atoms with E-state index in [0.29, 0.717) is 10.7 Å². The summed E-state index contributed by atoms with van der Waals surface area (Å²) in [7, 11) is 0. The van der Waals surface area contributed by atoms with Crippen LogP contribution in [0.4, 0.5) is 0 Å². The van der Waals surface area contributed by atoms with Gasteiger partial charge >= 0.3 is 0 Å². The first kappa shape index (κ1) is 15.1. The lowest BCUT2D eigenvalue weighted by molar-refractivity contribution is 0.0928. The summed E-state index contributed by atoms with van der Waals surface area (Å²) >= 11 is 5.88. The number of rotatable bonds is 3. The Labute approximate surface area is 135 Å². The molecule has 1 saturated carbocycles. The van der Waals surface area contributed by atoms with E-state index in [4.69, 9.17) is 11.6 Å². The molecule has 1 aliphatic carbocycles. The van der Waals surface area contributed by atoms with Gasteiger partial charge in [0, 0.05) is 16.6 Å². The highest BCUT2D eigenvalue weighted by molar-refractivity contribution is 6.30. The highest BCUT2D eigenvalue weighted by atomic mass is 35.5. The monoisotopic (exact) mass is 317 g/mol. The van der Waals surface area contributed by atoms with Gasteiger partial charge in [-0.2, -0.15) is 5.10 Å². The highest BCUT2D eigenvalue weighted by Gasteiger charge is 2.17. The minimum Gasteiger partial charge on any atom is -0.348 e. The minimum atomic E-state index is -0.0698. The molecule has 1 aromatic carbocycles. The van der Waals surface area contributed by atoms with E-state index in [0.717, 1.165) is 24.1 Å². The van der Waals surface area contributed by atoms with Crippen molar-refractivity contribution >= 4 is 17.5 Å². The van der Waals surface area contributed by atoms with Crippen LogP contribution in [0, 0.1) is 0 Å². The Morgan fingerprint density at radius 1 is 1.14 bits per heavy atom. The van der Waals surface area contributed by atoms with Crippen LogP contribution in [0.1, 0.15) is 49.0 Å². The number of nitrogens with one attached hydrogen (secondary N) is 2. The lowest BCUT2D eigenvalue weighted by Gasteiger charge is -2.15. The summed E-state index contributed by atoms with van der Waals surface area (Å²) in [4.78, 5) is 12.3. The number of aromatic nitrogens is 2. The maximum absolute atomic E-state index is 12.3. The molecule has 0 atom stereocenters. The van der Waals surface area contributed by atoms with Gasteiger partial charge in [-0.05, 0) is 31.0 Å². The zero-order valence-corrected chi connectivity index (χ0v) is 13.2. The summed E-state index contributed by atoms with van der Waals surface area (Å²) in [5.74, 6) is -0.0698. The van der Waals surface area contributed by atoms with E-state index >= 15 is 0 Å². The van der Waals surface area contributed by atoms with Gasteiger partial charge in [-0.15, -0.1) is 0 Å². The fourth-order valence-electron chi connectivity index (χ4n) is 2.89. The zero-order chi connectivity index (χ0) is 15.4. The van der Waals surface area contributed by atoms with E-state index in [-0.39, 0.29) is 11.9 Å². The van der Waals surface area contributed by atoms with Gasteiger partial charge in [0.1, 0.15) is 5.69 Å². The molecule has 1 aliphatic rings. The lowest BCUT2D eigenvalue weighted by Crippen LogP contribution is -2.34. The van der Waals surface area contributed by atoms with Gasteiger partial charge < -0.3 is 5.32 Å². The van der Waals surface area contributed by atoms with Crippen LogP contribution in [0.5, 0.6) is 0 Å². The molecule has 2 aromatic rings. The molecule has 0 bridgehead atoms. The first-order valence-electron chi connectivity index (χ1n) is 7.84. The van der Waals surface area contributed by atoms with Gasteiger partial charge in [-0.3, -0.25) is 9.89 Å². The number of nitrogens with zero attached hydrogens (tertiary/aromatic N) is 1. The van der Waals surface area contributed by atoms with E-state index in [1.807, 2.05) is 24.3 Å². The quantitative estimate of drug-likeness (QED) is 0.834. The van der Waals surface area contributed by atoms with Crippen molar-refractivity contribution in [1.29, 1.82) is 0 Å². The number of aromatic amines is 1. The summed E-state index contributed by atoms with van der Waals surface area (Å²) in [6.45, 7) is 0. The van der Waals surface area contributed by atoms with E-state index < -0.39 is 0 Å². The Morgan fingerprint density at radius 3 is 2.50 bits per heavy atom. The number of amides is 1. The maximum atomic E-state index is 12.3. The third kappa shape index (κ3) is 3.69. The molecule has 1 heterocycles. The van der Waals surface area contributed by atoms with Crippen LogP contribution < -0.4 is 5.32 Å². The zero-order valence-electron chi connectivity index (χ0n) is 12.4. The van der Waals surface area contributed by atoms with Crippen molar-refractivity contribution in [3.63, 3.8) is 0 Å². The average Bonchev–Trinajstić information content (AvgIpc) is 2.88. The molecular formula is C17H20ClN3O. The molecule has 116 valence electrons. The van der Waals surface area contributed by atoms with Crippen molar-refractivity contribution in [3.8, 4) is 11.3 Å². The van der Waals surface area contributed by atoms with Crippen LogP contribution in [0.2, 0.25) is 5.02 Å². The number of H-pyrrole nitrogens is 1. The Kier molecular flexibility index (Phi) is 4.78. The lowest BCUT2D eigenvalue weighted by atomic mass is 10.1. The molecule has 22 heavy (non-hydrogen) atoms. The van der Waals surface area contributed by atoms with Gasteiger partial charge in [0.15, 0.2) is 0 Å². The second-order valence-electron chi connectivity index (χ2n) is 5.84. The largest absolute Gasteiger partial charge is 0.348 e. The number of carbonyl (C=O) groups excluding carboxylic acids is 1. The number of halogens is 1. The third-order valence-corrected chi connectivity index (χ3v) is 4.40. The van der Waals surface area contributed by atoms with Crippen molar-refractivity contribution in [3.05, 3.63) is 41.0 Å². The first-order chi connectivity index (χ1) is 10.7. The minimum absolute atomic E-state index is 0.0698. The number of hydrogen-bond acceptors (Lipinski definition) is 2. The standard InChI is InChI=1S/C17H20ClN3O/c18-13-9-7-12(8-10-13)15-11-16(21-20-15)17(22)19-14-5-3-1-2-4-6-14/h7-11,14H,1-6H2,(H,19,22)(H,20,21). The van der Waals surface area contributed by atoms with Crippen molar-refractivity contribution < 1.29 is 4.79 Å². The van der Waals surface area contributed by atoms with Gasteiger partial charge in [-0.1, -0.05) is 49.4 Å². The first-order valence-corrected chi connectivity index (χ1v) is 8.22. The van der Waals surface area contributed by atoms with Gasteiger partial charge in [0.25, 0.3) is 5.91 Å². The average molecular weight is 318 g/mol. The predicted molar refractivity (Wildman–Crippen MR) is 88.0 cm³/mol.